The average molecular weight is 265 g/mol. The molecule has 0 spiro atoms. The number of para-hydroxylation sites is 1. The molecule has 0 aliphatic carbocycles. The first-order chi connectivity index (χ1) is 9.08. The summed E-state index contributed by atoms with van der Waals surface area (Å²) in [5.41, 5.74) is 0.727. The van der Waals surface area contributed by atoms with Gasteiger partial charge in [-0.25, -0.2) is 4.39 Å². The molecule has 3 nitrogen and oxygen atoms in total. The number of benzene rings is 1. The van der Waals surface area contributed by atoms with Gasteiger partial charge in [-0.1, -0.05) is 19.1 Å². The van der Waals surface area contributed by atoms with E-state index in [1.807, 2.05) is 12.1 Å². The SMILES string of the molecule is CC1CNCC(CN(C)C)N(c2ccccc2F)C1. The lowest BCUT2D eigenvalue weighted by molar-refractivity contribution is 0.359. The Morgan fingerprint density at radius 2 is 2.05 bits per heavy atom. The van der Waals surface area contributed by atoms with Crippen molar-refractivity contribution >= 4 is 5.69 Å². The Hall–Kier alpha value is -1.13. The number of anilines is 1. The molecule has 0 saturated carbocycles. The minimum Gasteiger partial charge on any atom is -0.363 e. The zero-order valence-corrected chi connectivity index (χ0v) is 12.1. The number of hydrogen-bond acceptors (Lipinski definition) is 3. The molecule has 1 saturated heterocycles. The molecule has 106 valence electrons. The Labute approximate surface area is 115 Å². The van der Waals surface area contributed by atoms with Gasteiger partial charge in [-0.05, 0) is 38.7 Å². The lowest BCUT2D eigenvalue weighted by atomic mass is 10.1. The zero-order chi connectivity index (χ0) is 13.8. The number of likely N-dealkylation sites (N-methyl/N-ethyl adjacent to an activating group) is 1. The minimum atomic E-state index is -0.125. The molecule has 1 aliphatic rings. The average Bonchev–Trinajstić information content (AvgIpc) is 2.52. The third-order valence-corrected chi connectivity index (χ3v) is 3.56. The maximum Gasteiger partial charge on any atom is 0.146 e. The van der Waals surface area contributed by atoms with E-state index in [9.17, 15) is 4.39 Å². The second-order valence-corrected chi connectivity index (χ2v) is 5.78. The smallest absolute Gasteiger partial charge is 0.146 e. The third kappa shape index (κ3) is 3.67. The molecule has 4 heteroatoms. The summed E-state index contributed by atoms with van der Waals surface area (Å²) in [5.74, 6) is 0.395. The van der Waals surface area contributed by atoms with Gasteiger partial charge in [0.2, 0.25) is 0 Å². The van der Waals surface area contributed by atoms with Crippen molar-refractivity contribution in [1.82, 2.24) is 10.2 Å². The van der Waals surface area contributed by atoms with E-state index in [0.717, 1.165) is 31.9 Å². The van der Waals surface area contributed by atoms with Crippen molar-refractivity contribution in [3.05, 3.63) is 30.1 Å². The van der Waals surface area contributed by atoms with Crippen LogP contribution in [0.2, 0.25) is 0 Å². The van der Waals surface area contributed by atoms with Gasteiger partial charge in [0.05, 0.1) is 11.7 Å². The van der Waals surface area contributed by atoms with Crippen LogP contribution in [-0.4, -0.2) is 51.2 Å². The molecule has 1 N–H and O–H groups in total. The van der Waals surface area contributed by atoms with Crippen LogP contribution in [0.15, 0.2) is 24.3 Å². The lowest BCUT2D eigenvalue weighted by Crippen LogP contribution is -2.46. The third-order valence-electron chi connectivity index (χ3n) is 3.56. The van der Waals surface area contributed by atoms with E-state index in [0.29, 0.717) is 12.0 Å². The molecule has 0 bridgehead atoms. The summed E-state index contributed by atoms with van der Waals surface area (Å²) in [6.45, 7) is 5.92. The summed E-state index contributed by atoms with van der Waals surface area (Å²) in [7, 11) is 4.13. The number of halogens is 1. The van der Waals surface area contributed by atoms with Crippen LogP contribution < -0.4 is 10.2 Å². The topological polar surface area (TPSA) is 18.5 Å². The maximum atomic E-state index is 14.1. The Morgan fingerprint density at radius 3 is 2.74 bits per heavy atom. The van der Waals surface area contributed by atoms with Gasteiger partial charge < -0.3 is 15.1 Å². The normalized spacial score (nSPS) is 24.6. The fourth-order valence-corrected chi connectivity index (χ4v) is 2.72. The second-order valence-electron chi connectivity index (χ2n) is 5.78. The molecular weight excluding hydrogens is 241 g/mol. The van der Waals surface area contributed by atoms with Crippen LogP contribution in [-0.2, 0) is 0 Å². The van der Waals surface area contributed by atoms with Gasteiger partial charge in [-0.3, -0.25) is 0 Å². The Balaban J connectivity index is 2.27. The van der Waals surface area contributed by atoms with Crippen LogP contribution in [0.1, 0.15) is 6.92 Å². The predicted octanol–water partition coefficient (Wildman–Crippen LogP) is 1.80. The van der Waals surface area contributed by atoms with E-state index in [-0.39, 0.29) is 5.82 Å². The van der Waals surface area contributed by atoms with E-state index in [1.165, 1.54) is 0 Å². The summed E-state index contributed by atoms with van der Waals surface area (Å²) in [4.78, 5) is 4.39. The summed E-state index contributed by atoms with van der Waals surface area (Å²) >= 11 is 0. The van der Waals surface area contributed by atoms with Crippen LogP contribution in [0.25, 0.3) is 0 Å². The molecule has 1 aliphatic heterocycles. The zero-order valence-electron chi connectivity index (χ0n) is 12.1. The highest BCUT2D eigenvalue weighted by molar-refractivity contribution is 5.49. The molecule has 1 fully saturated rings. The number of nitrogens with one attached hydrogen (secondary N) is 1. The van der Waals surface area contributed by atoms with Crippen molar-refractivity contribution in [3.63, 3.8) is 0 Å². The lowest BCUT2D eigenvalue weighted by Gasteiger charge is -2.34. The Morgan fingerprint density at radius 1 is 1.32 bits per heavy atom. The fourth-order valence-electron chi connectivity index (χ4n) is 2.72. The minimum absolute atomic E-state index is 0.125. The summed E-state index contributed by atoms with van der Waals surface area (Å²) in [6, 6.07) is 7.39. The van der Waals surface area contributed by atoms with Crippen LogP contribution in [0.3, 0.4) is 0 Å². The van der Waals surface area contributed by atoms with Gasteiger partial charge in [0, 0.05) is 19.6 Å². The molecule has 1 heterocycles. The van der Waals surface area contributed by atoms with Gasteiger partial charge in [0.25, 0.3) is 0 Å². The maximum absolute atomic E-state index is 14.1. The van der Waals surface area contributed by atoms with Crippen molar-refractivity contribution in [2.75, 3.05) is 45.2 Å². The first-order valence-corrected chi connectivity index (χ1v) is 6.94. The molecule has 0 amide bonds. The molecule has 0 aromatic heterocycles. The van der Waals surface area contributed by atoms with Crippen molar-refractivity contribution in [2.24, 2.45) is 5.92 Å². The van der Waals surface area contributed by atoms with Crippen molar-refractivity contribution in [1.29, 1.82) is 0 Å². The molecule has 0 radical (unpaired) electrons. The monoisotopic (exact) mass is 265 g/mol. The Kier molecular flexibility index (Phi) is 4.77. The number of rotatable bonds is 3. The van der Waals surface area contributed by atoms with E-state index < -0.39 is 0 Å². The molecule has 2 rings (SSSR count). The second kappa shape index (κ2) is 6.35. The summed E-state index contributed by atoms with van der Waals surface area (Å²) in [5, 5.41) is 3.48. The van der Waals surface area contributed by atoms with E-state index >= 15 is 0 Å². The van der Waals surface area contributed by atoms with Gasteiger partial charge >= 0.3 is 0 Å². The fraction of sp³-hybridized carbons (Fsp3) is 0.600. The van der Waals surface area contributed by atoms with Crippen LogP contribution >= 0.6 is 0 Å². The van der Waals surface area contributed by atoms with Gasteiger partial charge in [-0.2, -0.15) is 0 Å². The number of nitrogens with zero attached hydrogens (tertiary/aromatic N) is 2. The molecule has 19 heavy (non-hydrogen) atoms. The van der Waals surface area contributed by atoms with Gasteiger partial charge in [0.1, 0.15) is 5.82 Å². The standard InChI is InChI=1S/C15H24FN3/c1-12-8-17-9-13(11-18(2)3)19(10-12)15-7-5-4-6-14(15)16/h4-7,12-13,17H,8-11H2,1-3H3. The predicted molar refractivity (Wildman–Crippen MR) is 78.1 cm³/mol. The van der Waals surface area contributed by atoms with Crippen LogP contribution in [0.5, 0.6) is 0 Å². The first kappa shape index (κ1) is 14.3. The van der Waals surface area contributed by atoms with Gasteiger partial charge in [-0.15, -0.1) is 0 Å². The van der Waals surface area contributed by atoms with Crippen LogP contribution in [0, 0.1) is 11.7 Å². The highest BCUT2D eigenvalue weighted by Gasteiger charge is 2.26. The first-order valence-electron chi connectivity index (χ1n) is 6.94. The Bertz CT molecular complexity index is 408. The highest BCUT2D eigenvalue weighted by Crippen LogP contribution is 2.23. The highest BCUT2D eigenvalue weighted by atomic mass is 19.1. The molecule has 2 unspecified atom stereocenters. The number of hydrogen-bond donors (Lipinski definition) is 1. The van der Waals surface area contributed by atoms with E-state index in [2.05, 4.69) is 36.1 Å². The quantitative estimate of drug-likeness (QED) is 0.899. The largest absolute Gasteiger partial charge is 0.363 e. The van der Waals surface area contributed by atoms with Gasteiger partial charge in [0.15, 0.2) is 0 Å². The van der Waals surface area contributed by atoms with Crippen molar-refractivity contribution in [3.8, 4) is 0 Å². The molecular formula is C15H24FN3. The molecule has 2 atom stereocenters. The summed E-state index contributed by atoms with van der Waals surface area (Å²) in [6.07, 6.45) is 0. The van der Waals surface area contributed by atoms with Crippen molar-refractivity contribution < 1.29 is 4.39 Å². The van der Waals surface area contributed by atoms with E-state index in [1.54, 1.807) is 12.1 Å². The van der Waals surface area contributed by atoms with Crippen molar-refractivity contribution in [2.45, 2.75) is 13.0 Å². The van der Waals surface area contributed by atoms with Crippen LogP contribution in [0.4, 0.5) is 10.1 Å². The molecule has 1 aromatic carbocycles. The van der Waals surface area contributed by atoms with E-state index in [4.69, 9.17) is 0 Å². The molecule has 1 aromatic rings. The summed E-state index contributed by atoms with van der Waals surface area (Å²) < 4.78 is 14.1.